The zero-order valence-electron chi connectivity index (χ0n) is 10.9. The summed E-state index contributed by atoms with van der Waals surface area (Å²) in [6.07, 6.45) is -0.408. The molecule has 104 valence electrons. The van der Waals surface area contributed by atoms with Crippen molar-refractivity contribution in [3.63, 3.8) is 0 Å². The van der Waals surface area contributed by atoms with Gasteiger partial charge >= 0.3 is 11.9 Å². The zero-order valence-corrected chi connectivity index (χ0v) is 10.9. The molecule has 1 aromatic carbocycles. The first-order chi connectivity index (χ1) is 8.95. The molecular formula is C13H17NO5. The Balaban J connectivity index is 2.84. The van der Waals surface area contributed by atoms with Crippen molar-refractivity contribution in [2.24, 2.45) is 5.92 Å². The van der Waals surface area contributed by atoms with E-state index in [4.69, 9.17) is 14.9 Å². The molecule has 2 N–H and O–H groups in total. The summed E-state index contributed by atoms with van der Waals surface area (Å²) in [5.41, 5.74) is 0.724. The molecule has 0 heterocycles. The summed E-state index contributed by atoms with van der Waals surface area (Å²) in [6, 6.07) is 7.17. The molecule has 0 spiro atoms. The van der Waals surface area contributed by atoms with Crippen LogP contribution in [0.15, 0.2) is 24.3 Å². The predicted molar refractivity (Wildman–Crippen MR) is 69.6 cm³/mol. The highest BCUT2D eigenvalue weighted by molar-refractivity contribution is 5.78. The third-order valence-corrected chi connectivity index (χ3v) is 2.76. The third kappa shape index (κ3) is 4.17. The number of rotatable bonds is 7. The van der Waals surface area contributed by atoms with Gasteiger partial charge in [0.2, 0.25) is 0 Å². The molecule has 6 heteroatoms. The van der Waals surface area contributed by atoms with Gasteiger partial charge in [-0.2, -0.15) is 0 Å². The molecule has 1 rings (SSSR count). The smallest absolute Gasteiger partial charge is 0.308 e. The van der Waals surface area contributed by atoms with E-state index in [0.29, 0.717) is 5.75 Å². The standard InChI is InChI=1S/C13H17NO5/c1-14(8-9(13(17)18)7-12(15)16)10-5-3-4-6-11(10)19-2/h3-6,9H,7-8H2,1-2H3,(H,15,16)(H,17,18). The van der Waals surface area contributed by atoms with Crippen LogP contribution in [0.5, 0.6) is 5.75 Å². The minimum Gasteiger partial charge on any atom is -0.495 e. The Hall–Kier alpha value is -2.24. The summed E-state index contributed by atoms with van der Waals surface area (Å²) in [5, 5.41) is 17.7. The van der Waals surface area contributed by atoms with Crippen molar-refractivity contribution in [1.82, 2.24) is 0 Å². The predicted octanol–water partition coefficient (Wildman–Crippen LogP) is 1.31. The molecule has 1 atom stereocenters. The van der Waals surface area contributed by atoms with Crippen molar-refractivity contribution in [1.29, 1.82) is 0 Å². The summed E-state index contributed by atoms with van der Waals surface area (Å²) in [4.78, 5) is 23.4. The molecule has 0 aliphatic carbocycles. The number of carbonyl (C=O) groups is 2. The molecule has 1 unspecified atom stereocenters. The third-order valence-electron chi connectivity index (χ3n) is 2.76. The summed E-state index contributed by atoms with van der Waals surface area (Å²) in [6.45, 7) is 0.0992. The maximum atomic E-state index is 11.0. The molecule has 0 saturated carbocycles. The first-order valence-electron chi connectivity index (χ1n) is 5.74. The Morgan fingerprint density at radius 1 is 1.32 bits per heavy atom. The van der Waals surface area contributed by atoms with E-state index in [1.54, 1.807) is 30.1 Å². The Kier molecular flexibility index (Phi) is 5.17. The zero-order chi connectivity index (χ0) is 14.4. The van der Waals surface area contributed by atoms with Gasteiger partial charge in [0.05, 0.1) is 25.1 Å². The number of ether oxygens (including phenoxy) is 1. The van der Waals surface area contributed by atoms with Crippen LogP contribution in [0.25, 0.3) is 0 Å². The molecule has 0 fully saturated rings. The first-order valence-corrected chi connectivity index (χ1v) is 5.74. The average Bonchev–Trinajstić information content (AvgIpc) is 2.37. The SMILES string of the molecule is COc1ccccc1N(C)CC(CC(=O)O)C(=O)O. The minimum atomic E-state index is -1.12. The van der Waals surface area contributed by atoms with Crippen LogP contribution in [0, 0.1) is 5.92 Å². The lowest BCUT2D eigenvalue weighted by Gasteiger charge is -2.24. The van der Waals surface area contributed by atoms with Gasteiger partial charge in [-0.3, -0.25) is 9.59 Å². The number of methoxy groups -OCH3 is 1. The quantitative estimate of drug-likeness (QED) is 0.774. The van der Waals surface area contributed by atoms with Crippen molar-refractivity contribution >= 4 is 17.6 Å². The van der Waals surface area contributed by atoms with Crippen LogP contribution in [0.1, 0.15) is 6.42 Å². The van der Waals surface area contributed by atoms with Gasteiger partial charge < -0.3 is 19.8 Å². The molecule has 0 amide bonds. The van der Waals surface area contributed by atoms with Gasteiger partial charge in [-0.25, -0.2) is 0 Å². The number of nitrogens with zero attached hydrogens (tertiary/aromatic N) is 1. The van der Waals surface area contributed by atoms with Crippen LogP contribution < -0.4 is 9.64 Å². The second-order valence-corrected chi connectivity index (χ2v) is 4.19. The molecule has 0 saturated heterocycles. The monoisotopic (exact) mass is 267 g/mol. The number of carboxylic acid groups (broad SMARTS) is 2. The Morgan fingerprint density at radius 2 is 1.95 bits per heavy atom. The molecule has 0 aliphatic rings. The highest BCUT2D eigenvalue weighted by Crippen LogP contribution is 2.27. The van der Waals surface area contributed by atoms with Gasteiger partial charge in [0.25, 0.3) is 0 Å². The number of aliphatic carboxylic acids is 2. The lowest BCUT2D eigenvalue weighted by atomic mass is 10.1. The fourth-order valence-corrected chi connectivity index (χ4v) is 1.81. The second-order valence-electron chi connectivity index (χ2n) is 4.19. The number of anilines is 1. The van der Waals surface area contributed by atoms with Crippen molar-refractivity contribution in [3.05, 3.63) is 24.3 Å². The minimum absolute atomic E-state index is 0.0992. The fraction of sp³-hybridized carbons (Fsp3) is 0.385. The molecule has 0 aliphatic heterocycles. The number of hydrogen-bond acceptors (Lipinski definition) is 4. The number of hydrogen-bond donors (Lipinski definition) is 2. The molecule has 19 heavy (non-hydrogen) atoms. The Morgan fingerprint density at radius 3 is 2.47 bits per heavy atom. The lowest BCUT2D eigenvalue weighted by molar-refractivity contribution is -0.147. The van der Waals surface area contributed by atoms with Crippen molar-refractivity contribution in [2.45, 2.75) is 6.42 Å². The highest BCUT2D eigenvalue weighted by atomic mass is 16.5. The van der Waals surface area contributed by atoms with E-state index in [9.17, 15) is 9.59 Å². The van der Waals surface area contributed by atoms with Crippen LogP contribution in [-0.4, -0.2) is 42.9 Å². The summed E-state index contributed by atoms with van der Waals surface area (Å²) in [5.74, 6) is -2.60. The fourth-order valence-electron chi connectivity index (χ4n) is 1.81. The number of benzene rings is 1. The maximum Gasteiger partial charge on any atom is 0.308 e. The molecule has 0 aromatic heterocycles. The summed E-state index contributed by atoms with van der Waals surface area (Å²) in [7, 11) is 3.23. The van der Waals surface area contributed by atoms with Crippen LogP contribution in [0.2, 0.25) is 0 Å². The first kappa shape index (κ1) is 14.8. The number of carboxylic acids is 2. The highest BCUT2D eigenvalue weighted by Gasteiger charge is 2.23. The molecule has 1 aromatic rings. The number of para-hydroxylation sites is 2. The maximum absolute atomic E-state index is 11.0. The van der Waals surface area contributed by atoms with E-state index in [0.717, 1.165) is 5.69 Å². The largest absolute Gasteiger partial charge is 0.495 e. The van der Waals surface area contributed by atoms with Gasteiger partial charge in [0.1, 0.15) is 5.75 Å². The van der Waals surface area contributed by atoms with Crippen LogP contribution >= 0.6 is 0 Å². The average molecular weight is 267 g/mol. The topological polar surface area (TPSA) is 87.1 Å². The Bertz CT molecular complexity index is 460. The van der Waals surface area contributed by atoms with E-state index in [1.807, 2.05) is 6.07 Å². The van der Waals surface area contributed by atoms with Crippen molar-refractivity contribution in [3.8, 4) is 5.75 Å². The van der Waals surface area contributed by atoms with E-state index in [1.165, 1.54) is 7.11 Å². The van der Waals surface area contributed by atoms with Crippen LogP contribution in [0.3, 0.4) is 0 Å². The molecule has 0 bridgehead atoms. The summed E-state index contributed by atoms with van der Waals surface area (Å²) >= 11 is 0. The van der Waals surface area contributed by atoms with E-state index >= 15 is 0 Å². The summed E-state index contributed by atoms with van der Waals surface area (Å²) < 4.78 is 5.18. The van der Waals surface area contributed by atoms with Crippen LogP contribution in [0.4, 0.5) is 5.69 Å². The van der Waals surface area contributed by atoms with Crippen molar-refractivity contribution < 1.29 is 24.5 Å². The van der Waals surface area contributed by atoms with Crippen LogP contribution in [-0.2, 0) is 9.59 Å². The van der Waals surface area contributed by atoms with Gasteiger partial charge in [0.15, 0.2) is 0 Å². The van der Waals surface area contributed by atoms with Gasteiger partial charge in [0, 0.05) is 13.6 Å². The van der Waals surface area contributed by atoms with E-state index < -0.39 is 24.3 Å². The molecule has 0 radical (unpaired) electrons. The molecule has 6 nitrogen and oxygen atoms in total. The lowest BCUT2D eigenvalue weighted by Crippen LogP contribution is -2.32. The molecular weight excluding hydrogens is 250 g/mol. The Labute approximate surface area is 111 Å². The van der Waals surface area contributed by atoms with E-state index in [-0.39, 0.29) is 6.54 Å². The van der Waals surface area contributed by atoms with Gasteiger partial charge in [-0.15, -0.1) is 0 Å². The second kappa shape index (κ2) is 6.63. The van der Waals surface area contributed by atoms with Crippen molar-refractivity contribution in [2.75, 3.05) is 25.6 Å². The normalized spacial score (nSPS) is 11.7. The van der Waals surface area contributed by atoms with E-state index in [2.05, 4.69) is 0 Å². The van der Waals surface area contributed by atoms with Gasteiger partial charge in [-0.1, -0.05) is 12.1 Å². The van der Waals surface area contributed by atoms with Gasteiger partial charge in [-0.05, 0) is 12.1 Å².